The van der Waals surface area contributed by atoms with Gasteiger partial charge < -0.3 is 5.32 Å². The molecule has 0 aliphatic rings. The van der Waals surface area contributed by atoms with Crippen molar-refractivity contribution in [3.63, 3.8) is 0 Å². The fourth-order valence-corrected chi connectivity index (χ4v) is 1.92. The highest BCUT2D eigenvalue weighted by Gasteiger charge is 2.12. The minimum absolute atomic E-state index is 0.217. The van der Waals surface area contributed by atoms with Crippen LogP contribution in [0.5, 0.6) is 0 Å². The van der Waals surface area contributed by atoms with Crippen LogP contribution in [0, 0.1) is 24.1 Å². The van der Waals surface area contributed by atoms with Gasteiger partial charge in [-0.3, -0.25) is 4.79 Å². The van der Waals surface area contributed by atoms with Gasteiger partial charge in [-0.25, -0.2) is 4.39 Å². The van der Waals surface area contributed by atoms with E-state index in [9.17, 15) is 9.18 Å². The van der Waals surface area contributed by atoms with Crippen LogP contribution in [-0.4, -0.2) is 5.91 Å². The second-order valence-corrected chi connectivity index (χ2v) is 4.65. The van der Waals surface area contributed by atoms with Crippen LogP contribution in [0.25, 0.3) is 0 Å². The highest BCUT2D eigenvalue weighted by Crippen LogP contribution is 2.21. The number of halogens is 2. The zero-order valence-electron chi connectivity index (χ0n) is 10.6. The third-order valence-electron chi connectivity index (χ3n) is 2.79. The van der Waals surface area contributed by atoms with Crippen molar-refractivity contribution >= 4 is 23.2 Å². The molecule has 0 radical (unpaired) electrons. The lowest BCUT2D eigenvalue weighted by Crippen LogP contribution is -2.14. The minimum atomic E-state index is -0.493. The minimum Gasteiger partial charge on any atom is -0.321 e. The van der Waals surface area contributed by atoms with Crippen LogP contribution in [-0.2, 0) is 0 Å². The first kappa shape index (κ1) is 14.0. The van der Waals surface area contributed by atoms with E-state index in [2.05, 4.69) is 5.32 Å². The number of amides is 1. The molecule has 0 saturated carbocycles. The first-order valence-corrected chi connectivity index (χ1v) is 6.16. The van der Waals surface area contributed by atoms with Crippen LogP contribution in [0.1, 0.15) is 21.5 Å². The SMILES string of the molecule is Cc1ccc(F)cc1C(=O)Nc1cc(Cl)ccc1C#N. The summed E-state index contributed by atoms with van der Waals surface area (Å²) in [5.41, 5.74) is 1.45. The van der Waals surface area contributed by atoms with Gasteiger partial charge >= 0.3 is 0 Å². The Labute approximate surface area is 120 Å². The first-order valence-electron chi connectivity index (χ1n) is 5.78. The highest BCUT2D eigenvalue weighted by molar-refractivity contribution is 6.31. The monoisotopic (exact) mass is 288 g/mol. The number of hydrogen-bond donors (Lipinski definition) is 1. The fourth-order valence-electron chi connectivity index (χ4n) is 1.75. The van der Waals surface area contributed by atoms with Crippen molar-refractivity contribution in [2.24, 2.45) is 0 Å². The predicted molar refractivity (Wildman–Crippen MR) is 75.3 cm³/mol. The van der Waals surface area contributed by atoms with E-state index < -0.39 is 11.7 Å². The zero-order chi connectivity index (χ0) is 14.7. The Morgan fingerprint density at radius 3 is 2.75 bits per heavy atom. The molecule has 0 aliphatic heterocycles. The van der Waals surface area contributed by atoms with E-state index in [0.717, 1.165) is 6.07 Å². The molecule has 0 aromatic heterocycles. The largest absolute Gasteiger partial charge is 0.321 e. The molecule has 20 heavy (non-hydrogen) atoms. The van der Waals surface area contributed by atoms with Crippen molar-refractivity contribution in [2.45, 2.75) is 6.92 Å². The topological polar surface area (TPSA) is 52.9 Å². The summed E-state index contributed by atoms with van der Waals surface area (Å²) in [6.45, 7) is 1.71. The Balaban J connectivity index is 2.35. The average molecular weight is 289 g/mol. The number of carbonyl (C=O) groups excluding carboxylic acids is 1. The number of nitriles is 1. The van der Waals surface area contributed by atoms with Crippen molar-refractivity contribution in [1.29, 1.82) is 5.26 Å². The van der Waals surface area contributed by atoms with E-state index in [1.165, 1.54) is 24.3 Å². The van der Waals surface area contributed by atoms with Crippen molar-refractivity contribution in [2.75, 3.05) is 5.32 Å². The standard InChI is InChI=1S/C15H10ClFN2O/c1-9-2-5-12(17)7-13(9)15(20)19-14-6-11(16)4-3-10(14)8-18/h2-7H,1H3,(H,19,20). The van der Waals surface area contributed by atoms with Crippen LogP contribution < -0.4 is 5.32 Å². The molecule has 0 saturated heterocycles. The van der Waals surface area contributed by atoms with Crippen molar-refractivity contribution in [1.82, 2.24) is 0 Å². The summed E-state index contributed by atoms with van der Waals surface area (Å²) < 4.78 is 13.2. The number of carbonyl (C=O) groups is 1. The molecule has 0 atom stereocenters. The summed E-state index contributed by atoms with van der Waals surface area (Å²) >= 11 is 5.84. The van der Waals surface area contributed by atoms with Gasteiger partial charge in [0.05, 0.1) is 11.3 Å². The van der Waals surface area contributed by atoms with Gasteiger partial charge in [0.15, 0.2) is 0 Å². The lowest BCUT2D eigenvalue weighted by molar-refractivity contribution is 0.102. The zero-order valence-corrected chi connectivity index (χ0v) is 11.3. The molecule has 1 N–H and O–H groups in total. The van der Waals surface area contributed by atoms with Crippen LogP contribution in [0.15, 0.2) is 36.4 Å². The molecule has 0 aliphatic carbocycles. The third kappa shape index (κ3) is 2.95. The molecule has 0 spiro atoms. The van der Waals surface area contributed by atoms with Gasteiger partial charge in [-0.1, -0.05) is 17.7 Å². The number of aryl methyl sites for hydroxylation is 1. The maximum atomic E-state index is 13.2. The Morgan fingerprint density at radius 1 is 1.30 bits per heavy atom. The van der Waals surface area contributed by atoms with E-state index in [0.29, 0.717) is 16.3 Å². The van der Waals surface area contributed by atoms with Gasteiger partial charge in [0, 0.05) is 10.6 Å². The molecule has 0 heterocycles. The van der Waals surface area contributed by atoms with Crippen LogP contribution >= 0.6 is 11.6 Å². The molecule has 1 amide bonds. The fraction of sp³-hybridized carbons (Fsp3) is 0.0667. The lowest BCUT2D eigenvalue weighted by atomic mass is 10.1. The quantitative estimate of drug-likeness (QED) is 0.911. The van der Waals surface area contributed by atoms with Gasteiger partial charge in [0.1, 0.15) is 11.9 Å². The second-order valence-electron chi connectivity index (χ2n) is 4.22. The number of hydrogen-bond acceptors (Lipinski definition) is 2. The van der Waals surface area contributed by atoms with E-state index >= 15 is 0 Å². The number of nitrogens with one attached hydrogen (secondary N) is 1. The molecule has 0 bridgehead atoms. The Hall–Kier alpha value is -2.38. The number of rotatable bonds is 2. The Morgan fingerprint density at radius 2 is 2.05 bits per heavy atom. The second kappa shape index (κ2) is 5.72. The molecular weight excluding hydrogens is 279 g/mol. The summed E-state index contributed by atoms with van der Waals surface area (Å²) in [5, 5.41) is 12.0. The molecule has 5 heteroatoms. The van der Waals surface area contributed by atoms with Crippen LogP contribution in [0.4, 0.5) is 10.1 Å². The summed E-state index contributed by atoms with van der Waals surface area (Å²) in [6, 6.07) is 10.5. The van der Waals surface area contributed by atoms with Gasteiger partial charge in [-0.15, -0.1) is 0 Å². The lowest BCUT2D eigenvalue weighted by Gasteiger charge is -2.09. The molecule has 2 aromatic rings. The van der Waals surface area contributed by atoms with Crippen molar-refractivity contribution < 1.29 is 9.18 Å². The summed E-state index contributed by atoms with van der Waals surface area (Å²) in [7, 11) is 0. The van der Waals surface area contributed by atoms with Crippen LogP contribution in [0.3, 0.4) is 0 Å². The Bertz CT molecular complexity index is 722. The molecule has 3 nitrogen and oxygen atoms in total. The normalized spacial score (nSPS) is 9.90. The molecule has 0 unspecified atom stereocenters. The molecule has 0 fully saturated rings. The maximum Gasteiger partial charge on any atom is 0.256 e. The maximum absolute atomic E-state index is 13.2. The van der Waals surface area contributed by atoms with Gasteiger partial charge in [-0.05, 0) is 42.8 Å². The van der Waals surface area contributed by atoms with E-state index in [1.54, 1.807) is 13.0 Å². The Kier molecular flexibility index (Phi) is 4.02. The van der Waals surface area contributed by atoms with Gasteiger partial charge in [0.25, 0.3) is 5.91 Å². The van der Waals surface area contributed by atoms with Gasteiger partial charge in [0.2, 0.25) is 0 Å². The molecule has 100 valence electrons. The summed E-state index contributed by atoms with van der Waals surface area (Å²) in [4.78, 5) is 12.1. The number of benzene rings is 2. The van der Waals surface area contributed by atoms with E-state index in [1.807, 2.05) is 6.07 Å². The van der Waals surface area contributed by atoms with Crippen molar-refractivity contribution in [3.05, 3.63) is 63.9 Å². The summed E-state index contributed by atoms with van der Waals surface area (Å²) in [6.07, 6.45) is 0. The van der Waals surface area contributed by atoms with Crippen LogP contribution in [0.2, 0.25) is 5.02 Å². The van der Waals surface area contributed by atoms with Crippen molar-refractivity contribution in [3.8, 4) is 6.07 Å². The summed E-state index contributed by atoms with van der Waals surface area (Å²) in [5.74, 6) is -0.979. The average Bonchev–Trinajstić information content (AvgIpc) is 2.41. The third-order valence-corrected chi connectivity index (χ3v) is 3.03. The van der Waals surface area contributed by atoms with E-state index in [-0.39, 0.29) is 11.1 Å². The van der Waals surface area contributed by atoms with E-state index in [4.69, 9.17) is 16.9 Å². The first-order chi connectivity index (χ1) is 9.51. The predicted octanol–water partition coefficient (Wildman–Crippen LogP) is 3.91. The van der Waals surface area contributed by atoms with Gasteiger partial charge in [-0.2, -0.15) is 5.26 Å². The molecule has 2 aromatic carbocycles. The molecular formula is C15H10ClFN2O. The smallest absolute Gasteiger partial charge is 0.256 e. The number of nitrogens with zero attached hydrogens (tertiary/aromatic N) is 1. The molecule has 2 rings (SSSR count). The highest BCUT2D eigenvalue weighted by atomic mass is 35.5. The number of anilines is 1.